The van der Waals surface area contributed by atoms with Crippen molar-refractivity contribution in [1.82, 2.24) is 9.88 Å². The van der Waals surface area contributed by atoms with Crippen molar-refractivity contribution in [3.63, 3.8) is 0 Å². The Morgan fingerprint density at radius 3 is 2.50 bits per heavy atom. The second kappa shape index (κ2) is 12.9. The van der Waals surface area contributed by atoms with Gasteiger partial charge in [0.15, 0.2) is 5.13 Å². The molecule has 0 radical (unpaired) electrons. The number of anilines is 1. The maximum Gasteiger partial charge on any atom is 0.186 e. The van der Waals surface area contributed by atoms with Crippen LogP contribution in [0, 0.1) is 0 Å². The van der Waals surface area contributed by atoms with Gasteiger partial charge in [0.05, 0.1) is 28.8 Å². The summed E-state index contributed by atoms with van der Waals surface area (Å²) >= 11 is 1.80. The zero-order chi connectivity index (χ0) is 24.3. The van der Waals surface area contributed by atoms with E-state index < -0.39 is 11.9 Å². The molecule has 2 aromatic carbocycles. The van der Waals surface area contributed by atoms with Crippen LogP contribution in [0.3, 0.4) is 0 Å². The standard InChI is InChI=1S/C23H29N3OS.C2H2O4/c1-25(23-24-21-13-5-6-14-22(21)28-23)19-10-9-16-26(18-19)15-7-8-17-27-20-11-3-2-4-12-20;3-1(4)2(5)6/h2-6,11-14,19H,7-10,15-18H2,1H3;(H,3,4)(H,5,6)/p-2. The van der Waals surface area contributed by atoms with Crippen molar-refractivity contribution in [2.75, 3.05) is 38.2 Å². The van der Waals surface area contributed by atoms with Crippen LogP contribution in [0.15, 0.2) is 54.6 Å². The van der Waals surface area contributed by atoms with Crippen molar-refractivity contribution < 1.29 is 24.5 Å². The third-order valence-corrected chi connectivity index (χ3v) is 6.79. The molecule has 9 heteroatoms. The zero-order valence-electron chi connectivity index (χ0n) is 19.2. The minimum Gasteiger partial charge on any atom is -0.543 e. The first kappa shape index (κ1) is 25.5. The van der Waals surface area contributed by atoms with Gasteiger partial charge in [-0.25, -0.2) is 4.98 Å². The first-order valence-electron chi connectivity index (χ1n) is 11.3. The van der Waals surface area contributed by atoms with Gasteiger partial charge >= 0.3 is 0 Å². The number of rotatable bonds is 8. The number of ether oxygens (including phenoxy) is 1. The monoisotopic (exact) mass is 483 g/mol. The molecule has 1 saturated heterocycles. The molecule has 1 atom stereocenters. The van der Waals surface area contributed by atoms with E-state index in [9.17, 15) is 0 Å². The minimum absolute atomic E-state index is 0.551. The molecule has 1 fully saturated rings. The van der Waals surface area contributed by atoms with E-state index in [1.807, 2.05) is 30.3 Å². The highest BCUT2D eigenvalue weighted by atomic mass is 32.1. The number of nitrogens with zero attached hydrogens (tertiary/aromatic N) is 3. The van der Waals surface area contributed by atoms with E-state index in [1.165, 1.54) is 30.5 Å². The molecule has 4 rings (SSSR count). The van der Waals surface area contributed by atoms with Gasteiger partial charge in [0.25, 0.3) is 0 Å². The van der Waals surface area contributed by atoms with Crippen LogP contribution in [0.25, 0.3) is 10.2 Å². The molecule has 182 valence electrons. The van der Waals surface area contributed by atoms with Gasteiger partial charge in [-0.15, -0.1) is 0 Å². The topological polar surface area (TPSA) is 109 Å². The Bertz CT molecular complexity index is 1010. The van der Waals surface area contributed by atoms with Crippen LogP contribution in [0.5, 0.6) is 5.75 Å². The number of carbonyl (C=O) groups excluding carboxylic acids is 2. The molecular formula is C25H29N3O5S-2. The number of benzene rings is 2. The lowest BCUT2D eigenvalue weighted by Gasteiger charge is -2.37. The van der Waals surface area contributed by atoms with Crippen LogP contribution in [-0.4, -0.2) is 61.2 Å². The summed E-state index contributed by atoms with van der Waals surface area (Å²) in [6.07, 6.45) is 4.80. The highest BCUT2D eigenvalue weighted by molar-refractivity contribution is 7.22. The van der Waals surface area contributed by atoms with E-state index in [-0.39, 0.29) is 0 Å². The summed E-state index contributed by atoms with van der Waals surface area (Å²) in [7, 11) is 2.21. The number of piperidine rings is 1. The van der Waals surface area contributed by atoms with Gasteiger partial charge < -0.3 is 34.3 Å². The SMILES string of the molecule is CN(c1nc2ccccc2s1)C1CCCN(CCCCOc2ccccc2)C1.O=C([O-])C(=O)[O-]. The number of fused-ring (bicyclic) bond motifs is 1. The predicted octanol–water partition coefficient (Wildman–Crippen LogP) is 1.54. The van der Waals surface area contributed by atoms with E-state index in [1.54, 1.807) is 11.3 Å². The average molecular weight is 484 g/mol. The molecule has 3 aromatic rings. The molecule has 34 heavy (non-hydrogen) atoms. The number of aromatic nitrogens is 1. The number of carboxylic acid groups (broad SMARTS) is 2. The molecule has 0 bridgehead atoms. The number of thiazole rings is 1. The average Bonchev–Trinajstić information content (AvgIpc) is 3.29. The molecule has 0 amide bonds. The normalized spacial score (nSPS) is 15.9. The quantitative estimate of drug-likeness (QED) is 0.351. The number of aliphatic carboxylic acids is 2. The predicted molar refractivity (Wildman–Crippen MR) is 129 cm³/mol. The molecule has 0 N–H and O–H groups in total. The van der Waals surface area contributed by atoms with Crippen molar-refractivity contribution in [2.45, 2.75) is 31.7 Å². The van der Waals surface area contributed by atoms with Gasteiger partial charge in [-0.2, -0.15) is 0 Å². The fourth-order valence-electron chi connectivity index (χ4n) is 3.86. The summed E-state index contributed by atoms with van der Waals surface area (Å²) in [4.78, 5) is 27.7. The summed E-state index contributed by atoms with van der Waals surface area (Å²) in [6, 6.07) is 19.1. The highest BCUT2D eigenvalue weighted by Gasteiger charge is 2.24. The Hall–Kier alpha value is -3.17. The molecule has 1 aromatic heterocycles. The molecule has 0 aliphatic carbocycles. The maximum atomic E-state index is 8.93. The van der Waals surface area contributed by atoms with Gasteiger partial charge in [0.1, 0.15) is 5.75 Å². The van der Waals surface area contributed by atoms with Crippen LogP contribution in [0.4, 0.5) is 5.13 Å². The molecule has 1 aliphatic heterocycles. The van der Waals surface area contributed by atoms with E-state index in [4.69, 9.17) is 29.5 Å². The summed E-state index contributed by atoms with van der Waals surface area (Å²) in [5.74, 6) is -3.40. The summed E-state index contributed by atoms with van der Waals surface area (Å²) in [6.45, 7) is 4.30. The van der Waals surface area contributed by atoms with E-state index in [0.717, 1.165) is 42.5 Å². The second-order valence-electron chi connectivity index (χ2n) is 8.12. The fourth-order valence-corrected chi connectivity index (χ4v) is 4.86. The summed E-state index contributed by atoms with van der Waals surface area (Å²) < 4.78 is 7.08. The number of likely N-dealkylation sites (tertiary alicyclic amines) is 1. The number of carboxylic acids is 2. The largest absolute Gasteiger partial charge is 0.543 e. The summed E-state index contributed by atoms with van der Waals surface area (Å²) in [5, 5.41) is 19.0. The molecule has 0 saturated carbocycles. The van der Waals surface area contributed by atoms with Gasteiger partial charge in [0, 0.05) is 19.6 Å². The molecule has 1 aliphatic rings. The first-order valence-corrected chi connectivity index (χ1v) is 12.2. The van der Waals surface area contributed by atoms with Crippen LogP contribution in [0.1, 0.15) is 25.7 Å². The van der Waals surface area contributed by atoms with Gasteiger partial charge in [0.2, 0.25) is 0 Å². The van der Waals surface area contributed by atoms with E-state index >= 15 is 0 Å². The lowest BCUT2D eigenvalue weighted by atomic mass is 10.0. The fraction of sp³-hybridized carbons (Fsp3) is 0.400. The minimum atomic E-state index is -2.19. The van der Waals surface area contributed by atoms with Gasteiger partial charge in [-0.3, -0.25) is 0 Å². The van der Waals surface area contributed by atoms with E-state index in [0.29, 0.717) is 6.04 Å². The number of hydrogen-bond donors (Lipinski definition) is 0. The lowest BCUT2D eigenvalue weighted by molar-refractivity contribution is -0.345. The molecule has 2 heterocycles. The third-order valence-electron chi connectivity index (χ3n) is 5.66. The molecular weight excluding hydrogens is 454 g/mol. The van der Waals surface area contributed by atoms with Crippen LogP contribution in [-0.2, 0) is 9.59 Å². The summed E-state index contributed by atoms with van der Waals surface area (Å²) in [5.41, 5.74) is 1.11. The molecule has 1 unspecified atom stereocenters. The van der Waals surface area contributed by atoms with Crippen molar-refractivity contribution in [2.24, 2.45) is 0 Å². The van der Waals surface area contributed by atoms with Gasteiger partial charge in [-0.05, 0) is 63.0 Å². The Morgan fingerprint density at radius 2 is 1.79 bits per heavy atom. The Kier molecular flexibility index (Phi) is 9.66. The number of para-hydroxylation sites is 2. The van der Waals surface area contributed by atoms with Crippen LogP contribution in [0.2, 0.25) is 0 Å². The second-order valence-corrected chi connectivity index (χ2v) is 9.12. The molecule has 8 nitrogen and oxygen atoms in total. The maximum absolute atomic E-state index is 8.93. The third kappa shape index (κ3) is 7.71. The first-order chi connectivity index (χ1) is 16.4. The Morgan fingerprint density at radius 1 is 1.09 bits per heavy atom. The number of likely N-dealkylation sites (N-methyl/N-ethyl adjacent to an activating group) is 1. The Balaban J connectivity index is 0.000000481. The van der Waals surface area contributed by atoms with Crippen LogP contribution >= 0.6 is 11.3 Å². The smallest absolute Gasteiger partial charge is 0.186 e. The lowest BCUT2D eigenvalue weighted by Crippen LogP contribution is -2.46. The van der Waals surface area contributed by atoms with Crippen molar-refractivity contribution in [3.05, 3.63) is 54.6 Å². The van der Waals surface area contributed by atoms with Gasteiger partial charge in [-0.1, -0.05) is 41.7 Å². The van der Waals surface area contributed by atoms with Crippen LogP contribution < -0.4 is 19.8 Å². The van der Waals surface area contributed by atoms with E-state index in [2.05, 4.69) is 41.1 Å². The van der Waals surface area contributed by atoms with Crippen molar-refractivity contribution >= 4 is 38.6 Å². The Labute approximate surface area is 203 Å². The molecule has 0 spiro atoms. The number of unbranched alkanes of at least 4 members (excludes halogenated alkanes) is 1. The highest BCUT2D eigenvalue weighted by Crippen LogP contribution is 2.30. The van der Waals surface area contributed by atoms with Crippen molar-refractivity contribution in [1.29, 1.82) is 0 Å². The number of hydrogen-bond acceptors (Lipinski definition) is 9. The van der Waals surface area contributed by atoms with Crippen molar-refractivity contribution in [3.8, 4) is 5.75 Å². The zero-order valence-corrected chi connectivity index (χ0v) is 20.0. The number of carbonyl (C=O) groups is 2.